The zero-order valence-electron chi connectivity index (χ0n) is 15.2. The van der Waals surface area contributed by atoms with Crippen LogP contribution in [0.15, 0.2) is 9.95 Å². The van der Waals surface area contributed by atoms with Crippen LogP contribution < -0.4 is 5.56 Å². The molecule has 1 aliphatic carbocycles. The SMILES string of the molecule is CC[C@@H]1CCCCN1C(=O)CSc1nc2sc3c(c2c(=O)[nH]1)CCCC3. The third-order valence-corrected chi connectivity index (χ3v) is 7.60. The molecule has 7 heteroatoms. The molecule has 140 valence electrons. The number of thiophene rings is 1. The van der Waals surface area contributed by atoms with Gasteiger partial charge in [-0.05, 0) is 56.9 Å². The average Bonchev–Trinajstić information content (AvgIpc) is 3.05. The number of thioether (sulfide) groups is 1. The number of amides is 1. The van der Waals surface area contributed by atoms with Gasteiger partial charge in [0.25, 0.3) is 5.56 Å². The maximum atomic E-state index is 12.6. The number of aromatic nitrogens is 2. The summed E-state index contributed by atoms with van der Waals surface area (Å²) in [6.45, 7) is 3.01. The van der Waals surface area contributed by atoms with E-state index in [1.165, 1.54) is 35.0 Å². The third kappa shape index (κ3) is 3.43. The number of hydrogen-bond acceptors (Lipinski definition) is 5. The van der Waals surface area contributed by atoms with Crippen molar-refractivity contribution in [3.8, 4) is 0 Å². The van der Waals surface area contributed by atoms with Crippen LogP contribution in [0.5, 0.6) is 0 Å². The number of nitrogens with one attached hydrogen (secondary N) is 1. The van der Waals surface area contributed by atoms with Gasteiger partial charge in [-0.2, -0.15) is 0 Å². The molecule has 0 saturated carbocycles. The van der Waals surface area contributed by atoms with Gasteiger partial charge in [0.1, 0.15) is 4.83 Å². The fraction of sp³-hybridized carbons (Fsp3) is 0.632. The Balaban J connectivity index is 1.51. The molecule has 0 bridgehead atoms. The molecule has 3 heterocycles. The highest BCUT2D eigenvalue weighted by Crippen LogP contribution is 2.34. The summed E-state index contributed by atoms with van der Waals surface area (Å²) in [4.78, 5) is 36.9. The van der Waals surface area contributed by atoms with Gasteiger partial charge in [-0.1, -0.05) is 18.7 Å². The van der Waals surface area contributed by atoms with Crippen LogP contribution >= 0.6 is 23.1 Å². The Morgan fingerprint density at radius 1 is 1.31 bits per heavy atom. The lowest BCUT2D eigenvalue weighted by Gasteiger charge is -2.35. The van der Waals surface area contributed by atoms with Crippen LogP contribution in [-0.4, -0.2) is 39.1 Å². The molecule has 0 aromatic carbocycles. The number of piperidine rings is 1. The van der Waals surface area contributed by atoms with Crippen molar-refractivity contribution in [3.05, 3.63) is 20.8 Å². The minimum atomic E-state index is -0.0474. The molecular weight excluding hydrogens is 366 g/mol. The number of nitrogens with zero attached hydrogens (tertiary/aromatic N) is 2. The highest BCUT2D eigenvalue weighted by atomic mass is 32.2. The van der Waals surface area contributed by atoms with Crippen molar-refractivity contribution in [2.75, 3.05) is 12.3 Å². The summed E-state index contributed by atoms with van der Waals surface area (Å²) in [6.07, 6.45) is 8.81. The van der Waals surface area contributed by atoms with Gasteiger partial charge in [0, 0.05) is 17.5 Å². The first-order chi connectivity index (χ1) is 12.7. The van der Waals surface area contributed by atoms with Crippen molar-refractivity contribution < 1.29 is 4.79 Å². The van der Waals surface area contributed by atoms with E-state index in [1.54, 1.807) is 11.3 Å². The molecule has 5 nitrogen and oxygen atoms in total. The second-order valence-electron chi connectivity index (χ2n) is 7.20. The summed E-state index contributed by atoms with van der Waals surface area (Å²) in [5.41, 5.74) is 1.16. The minimum absolute atomic E-state index is 0.0474. The van der Waals surface area contributed by atoms with E-state index in [9.17, 15) is 9.59 Å². The summed E-state index contributed by atoms with van der Waals surface area (Å²) < 4.78 is 0. The van der Waals surface area contributed by atoms with Gasteiger partial charge in [-0.25, -0.2) is 4.98 Å². The van der Waals surface area contributed by atoms with Gasteiger partial charge in [0.05, 0.1) is 11.1 Å². The van der Waals surface area contributed by atoms with Crippen LogP contribution in [0.1, 0.15) is 55.9 Å². The lowest BCUT2D eigenvalue weighted by molar-refractivity contribution is -0.132. The Morgan fingerprint density at radius 3 is 3.00 bits per heavy atom. The maximum Gasteiger partial charge on any atom is 0.260 e. The predicted molar refractivity (Wildman–Crippen MR) is 107 cm³/mol. The Morgan fingerprint density at radius 2 is 2.15 bits per heavy atom. The van der Waals surface area contributed by atoms with E-state index >= 15 is 0 Å². The monoisotopic (exact) mass is 391 g/mol. The number of hydrogen-bond donors (Lipinski definition) is 1. The summed E-state index contributed by atoms with van der Waals surface area (Å²) in [7, 11) is 0. The maximum absolute atomic E-state index is 12.6. The number of likely N-dealkylation sites (tertiary alicyclic amines) is 1. The van der Waals surface area contributed by atoms with E-state index in [0.717, 1.165) is 55.3 Å². The average molecular weight is 392 g/mol. The first kappa shape index (κ1) is 18.0. The van der Waals surface area contributed by atoms with Crippen molar-refractivity contribution in [2.45, 2.75) is 69.5 Å². The number of carbonyl (C=O) groups is 1. The van der Waals surface area contributed by atoms with E-state index in [4.69, 9.17) is 0 Å². The molecule has 0 spiro atoms. The quantitative estimate of drug-likeness (QED) is 0.637. The van der Waals surface area contributed by atoms with Crippen LogP contribution in [0.3, 0.4) is 0 Å². The van der Waals surface area contributed by atoms with Crippen molar-refractivity contribution in [1.82, 2.24) is 14.9 Å². The third-order valence-electron chi connectivity index (χ3n) is 5.55. The largest absolute Gasteiger partial charge is 0.339 e. The van der Waals surface area contributed by atoms with Gasteiger partial charge < -0.3 is 9.88 Å². The molecule has 4 rings (SSSR count). The smallest absolute Gasteiger partial charge is 0.260 e. The van der Waals surface area contributed by atoms with Crippen LogP contribution in [0, 0.1) is 0 Å². The zero-order valence-corrected chi connectivity index (χ0v) is 16.8. The molecule has 1 aliphatic heterocycles. The molecule has 2 aromatic heterocycles. The van der Waals surface area contributed by atoms with Gasteiger partial charge in [0.2, 0.25) is 5.91 Å². The number of fused-ring (bicyclic) bond motifs is 3. The molecular formula is C19H25N3O2S2. The molecule has 1 atom stereocenters. The molecule has 1 N–H and O–H groups in total. The molecule has 2 aliphatic rings. The van der Waals surface area contributed by atoms with E-state index in [-0.39, 0.29) is 11.5 Å². The van der Waals surface area contributed by atoms with E-state index in [0.29, 0.717) is 17.0 Å². The number of carbonyl (C=O) groups excluding carboxylic acids is 1. The van der Waals surface area contributed by atoms with Crippen molar-refractivity contribution in [2.24, 2.45) is 0 Å². The van der Waals surface area contributed by atoms with Crippen LogP contribution in [0.2, 0.25) is 0 Å². The van der Waals surface area contributed by atoms with Crippen molar-refractivity contribution in [3.63, 3.8) is 0 Å². The molecule has 1 fully saturated rings. The first-order valence-electron chi connectivity index (χ1n) is 9.64. The number of H-pyrrole nitrogens is 1. The standard InChI is InChI=1S/C19H25N3O2S2/c1-2-12-7-5-6-10-22(12)15(23)11-25-19-20-17(24)16-13-8-3-4-9-14(13)26-18(16)21-19/h12H,2-11H2,1H3,(H,20,21,24)/t12-/m1/s1. The van der Waals surface area contributed by atoms with E-state index in [1.807, 2.05) is 4.90 Å². The van der Waals surface area contributed by atoms with Crippen LogP contribution in [0.4, 0.5) is 0 Å². The summed E-state index contributed by atoms with van der Waals surface area (Å²) in [5.74, 6) is 0.505. The summed E-state index contributed by atoms with van der Waals surface area (Å²) >= 11 is 3.01. The Hall–Kier alpha value is -1.34. The van der Waals surface area contributed by atoms with Gasteiger partial charge >= 0.3 is 0 Å². The molecule has 26 heavy (non-hydrogen) atoms. The summed E-state index contributed by atoms with van der Waals surface area (Å²) in [6, 6.07) is 0.371. The second-order valence-corrected chi connectivity index (χ2v) is 9.24. The molecule has 1 amide bonds. The second kappa shape index (κ2) is 7.72. The van der Waals surface area contributed by atoms with Crippen LogP contribution in [-0.2, 0) is 17.6 Å². The van der Waals surface area contributed by atoms with Gasteiger partial charge in [-0.3, -0.25) is 9.59 Å². The Labute approximate surface area is 161 Å². The number of aromatic amines is 1. The minimum Gasteiger partial charge on any atom is -0.339 e. The normalized spacial score (nSPS) is 20.3. The predicted octanol–water partition coefficient (Wildman–Crippen LogP) is 3.75. The highest BCUT2D eigenvalue weighted by Gasteiger charge is 2.25. The van der Waals surface area contributed by atoms with E-state index < -0.39 is 0 Å². The zero-order chi connectivity index (χ0) is 18.1. The Kier molecular flexibility index (Phi) is 5.36. The number of rotatable bonds is 4. The van der Waals surface area contributed by atoms with E-state index in [2.05, 4.69) is 16.9 Å². The fourth-order valence-corrected chi connectivity index (χ4v) is 6.25. The molecule has 0 radical (unpaired) electrons. The Bertz CT molecular complexity index is 874. The van der Waals surface area contributed by atoms with Gasteiger partial charge in [-0.15, -0.1) is 11.3 Å². The lowest BCUT2D eigenvalue weighted by Crippen LogP contribution is -2.44. The van der Waals surface area contributed by atoms with Crippen molar-refractivity contribution >= 4 is 39.2 Å². The van der Waals surface area contributed by atoms with Crippen LogP contribution in [0.25, 0.3) is 10.2 Å². The molecule has 0 unspecified atom stereocenters. The summed E-state index contributed by atoms with van der Waals surface area (Å²) in [5, 5.41) is 1.35. The first-order valence-corrected chi connectivity index (χ1v) is 11.4. The fourth-order valence-electron chi connectivity index (χ4n) is 4.18. The number of aryl methyl sites for hydroxylation is 2. The van der Waals surface area contributed by atoms with Gasteiger partial charge in [0.15, 0.2) is 5.16 Å². The molecule has 2 aromatic rings. The topological polar surface area (TPSA) is 66.1 Å². The molecule has 1 saturated heterocycles. The van der Waals surface area contributed by atoms with Crippen molar-refractivity contribution in [1.29, 1.82) is 0 Å². The highest BCUT2D eigenvalue weighted by molar-refractivity contribution is 7.99. The lowest BCUT2D eigenvalue weighted by atomic mass is 9.97.